The van der Waals surface area contributed by atoms with Crippen LogP contribution < -0.4 is 5.32 Å². The minimum Gasteiger partial charge on any atom is -0.344 e. The second-order valence-electron chi connectivity index (χ2n) is 4.11. The lowest BCUT2D eigenvalue weighted by Crippen LogP contribution is -2.45. The molecular weight excluding hydrogens is 208 g/mol. The molecule has 0 aromatic rings. The lowest BCUT2D eigenvalue weighted by Gasteiger charge is -2.23. The largest absolute Gasteiger partial charge is 0.344 e. The van der Waals surface area contributed by atoms with E-state index in [2.05, 4.69) is 11.6 Å². The second-order valence-corrected chi connectivity index (χ2v) is 5.09. The van der Waals surface area contributed by atoms with Gasteiger partial charge in [-0.05, 0) is 25.6 Å². The lowest BCUT2D eigenvalue weighted by molar-refractivity contribution is -0.132. The van der Waals surface area contributed by atoms with Gasteiger partial charge in [-0.25, -0.2) is 0 Å². The SMILES string of the molecule is CSCCN(C)C(=O)C1CCCCCN1. The van der Waals surface area contributed by atoms with Crippen LogP contribution in [0.2, 0.25) is 0 Å². The van der Waals surface area contributed by atoms with Crippen LogP contribution >= 0.6 is 11.8 Å². The van der Waals surface area contributed by atoms with Gasteiger partial charge in [-0.3, -0.25) is 4.79 Å². The van der Waals surface area contributed by atoms with Crippen molar-refractivity contribution in [2.45, 2.75) is 31.7 Å². The summed E-state index contributed by atoms with van der Waals surface area (Å²) in [5.74, 6) is 1.29. The standard InChI is InChI=1S/C11H22N2OS/c1-13(8-9-15-2)11(14)10-6-4-3-5-7-12-10/h10,12H,3-9H2,1-2H3. The van der Waals surface area contributed by atoms with Gasteiger partial charge in [0.25, 0.3) is 0 Å². The Morgan fingerprint density at radius 2 is 2.27 bits per heavy atom. The Balaban J connectivity index is 2.35. The van der Waals surface area contributed by atoms with Gasteiger partial charge in [-0.1, -0.05) is 12.8 Å². The van der Waals surface area contributed by atoms with Gasteiger partial charge in [0.15, 0.2) is 0 Å². The summed E-state index contributed by atoms with van der Waals surface area (Å²) in [6, 6.07) is 0.0688. The number of hydrogen-bond donors (Lipinski definition) is 1. The summed E-state index contributed by atoms with van der Waals surface area (Å²) in [6.07, 6.45) is 6.72. The summed E-state index contributed by atoms with van der Waals surface area (Å²) < 4.78 is 0. The van der Waals surface area contributed by atoms with Crippen LogP contribution in [0.25, 0.3) is 0 Å². The highest BCUT2D eigenvalue weighted by Gasteiger charge is 2.22. The summed E-state index contributed by atoms with van der Waals surface area (Å²) in [4.78, 5) is 13.9. The first kappa shape index (κ1) is 12.8. The molecule has 0 aromatic carbocycles. The van der Waals surface area contributed by atoms with Gasteiger partial charge >= 0.3 is 0 Å². The maximum Gasteiger partial charge on any atom is 0.239 e. The van der Waals surface area contributed by atoms with Crippen LogP contribution in [-0.2, 0) is 4.79 Å². The molecule has 1 aliphatic rings. The Morgan fingerprint density at radius 3 is 3.00 bits per heavy atom. The molecule has 4 heteroatoms. The first-order valence-electron chi connectivity index (χ1n) is 5.73. The second kappa shape index (κ2) is 7.12. The zero-order valence-corrected chi connectivity index (χ0v) is 10.6. The average molecular weight is 230 g/mol. The van der Waals surface area contributed by atoms with Gasteiger partial charge in [-0.15, -0.1) is 0 Å². The van der Waals surface area contributed by atoms with Crippen molar-refractivity contribution in [3.63, 3.8) is 0 Å². The number of carbonyl (C=O) groups is 1. The van der Waals surface area contributed by atoms with Gasteiger partial charge in [0.1, 0.15) is 0 Å². The topological polar surface area (TPSA) is 32.3 Å². The van der Waals surface area contributed by atoms with Crippen molar-refractivity contribution in [1.29, 1.82) is 0 Å². The minimum absolute atomic E-state index is 0.0688. The molecule has 15 heavy (non-hydrogen) atoms. The van der Waals surface area contributed by atoms with Crippen LogP contribution in [0.3, 0.4) is 0 Å². The zero-order valence-electron chi connectivity index (χ0n) is 9.79. The summed E-state index contributed by atoms with van der Waals surface area (Å²) in [5.41, 5.74) is 0. The number of likely N-dealkylation sites (N-methyl/N-ethyl adjacent to an activating group) is 1. The molecule has 0 spiro atoms. The average Bonchev–Trinajstić information content (AvgIpc) is 2.53. The van der Waals surface area contributed by atoms with E-state index in [9.17, 15) is 4.79 Å². The van der Waals surface area contributed by atoms with Crippen LogP contribution in [0, 0.1) is 0 Å². The smallest absolute Gasteiger partial charge is 0.239 e. The molecule has 1 N–H and O–H groups in total. The van der Waals surface area contributed by atoms with E-state index in [1.165, 1.54) is 19.3 Å². The third-order valence-electron chi connectivity index (χ3n) is 2.87. The maximum atomic E-state index is 12.0. The molecule has 0 aromatic heterocycles. The number of nitrogens with zero attached hydrogens (tertiary/aromatic N) is 1. The molecule has 1 saturated heterocycles. The highest BCUT2D eigenvalue weighted by Crippen LogP contribution is 2.10. The van der Waals surface area contributed by atoms with Crippen LogP contribution in [-0.4, -0.2) is 49.0 Å². The van der Waals surface area contributed by atoms with E-state index in [-0.39, 0.29) is 11.9 Å². The number of thioether (sulfide) groups is 1. The number of hydrogen-bond acceptors (Lipinski definition) is 3. The van der Waals surface area contributed by atoms with E-state index in [4.69, 9.17) is 0 Å². The number of carbonyl (C=O) groups excluding carboxylic acids is 1. The van der Waals surface area contributed by atoms with E-state index in [1.807, 2.05) is 11.9 Å². The van der Waals surface area contributed by atoms with E-state index in [0.29, 0.717) is 0 Å². The Hall–Kier alpha value is -0.220. The van der Waals surface area contributed by atoms with Crippen molar-refractivity contribution in [2.24, 2.45) is 0 Å². The Labute approximate surface area is 97.0 Å². The number of amides is 1. The first-order chi connectivity index (χ1) is 7.25. The summed E-state index contributed by atoms with van der Waals surface area (Å²) in [7, 11) is 1.91. The Kier molecular flexibility index (Phi) is 6.10. The molecule has 1 rings (SSSR count). The van der Waals surface area contributed by atoms with Crippen molar-refractivity contribution in [1.82, 2.24) is 10.2 Å². The third kappa shape index (κ3) is 4.43. The van der Waals surface area contributed by atoms with Crippen LogP contribution in [0.15, 0.2) is 0 Å². The summed E-state index contributed by atoms with van der Waals surface area (Å²) in [5, 5.41) is 3.34. The normalized spacial score (nSPS) is 22.1. The predicted octanol–water partition coefficient (Wildman–Crippen LogP) is 1.34. The third-order valence-corrected chi connectivity index (χ3v) is 3.46. The van der Waals surface area contributed by atoms with Gasteiger partial charge in [0, 0.05) is 19.3 Å². The number of rotatable bonds is 4. The quantitative estimate of drug-likeness (QED) is 0.791. The maximum absolute atomic E-state index is 12.0. The zero-order chi connectivity index (χ0) is 11.1. The van der Waals surface area contributed by atoms with Gasteiger partial charge in [0.2, 0.25) is 5.91 Å². The van der Waals surface area contributed by atoms with Crippen LogP contribution in [0.5, 0.6) is 0 Å². The van der Waals surface area contributed by atoms with E-state index < -0.39 is 0 Å². The van der Waals surface area contributed by atoms with Crippen molar-refractivity contribution in [3.8, 4) is 0 Å². The van der Waals surface area contributed by atoms with E-state index in [0.717, 1.165) is 25.3 Å². The molecule has 1 unspecified atom stereocenters. The molecular formula is C11H22N2OS. The lowest BCUT2D eigenvalue weighted by atomic mass is 10.1. The molecule has 1 aliphatic heterocycles. The van der Waals surface area contributed by atoms with E-state index >= 15 is 0 Å². The van der Waals surface area contributed by atoms with Crippen molar-refractivity contribution in [2.75, 3.05) is 32.1 Å². The van der Waals surface area contributed by atoms with Gasteiger partial charge < -0.3 is 10.2 Å². The highest BCUT2D eigenvalue weighted by molar-refractivity contribution is 7.98. The monoisotopic (exact) mass is 230 g/mol. The molecule has 3 nitrogen and oxygen atoms in total. The van der Waals surface area contributed by atoms with Gasteiger partial charge in [-0.2, -0.15) is 11.8 Å². The molecule has 1 heterocycles. The Morgan fingerprint density at radius 1 is 1.47 bits per heavy atom. The molecule has 0 saturated carbocycles. The fourth-order valence-electron chi connectivity index (χ4n) is 1.84. The van der Waals surface area contributed by atoms with Crippen molar-refractivity contribution < 1.29 is 4.79 Å². The van der Waals surface area contributed by atoms with Crippen molar-refractivity contribution >= 4 is 17.7 Å². The predicted molar refractivity (Wildman–Crippen MR) is 66.3 cm³/mol. The van der Waals surface area contributed by atoms with Crippen LogP contribution in [0.4, 0.5) is 0 Å². The molecule has 0 radical (unpaired) electrons. The molecule has 1 amide bonds. The first-order valence-corrected chi connectivity index (χ1v) is 7.12. The molecule has 88 valence electrons. The minimum atomic E-state index is 0.0688. The molecule has 1 atom stereocenters. The van der Waals surface area contributed by atoms with E-state index in [1.54, 1.807) is 11.8 Å². The van der Waals surface area contributed by atoms with Crippen molar-refractivity contribution in [3.05, 3.63) is 0 Å². The Bertz CT molecular complexity index is 191. The molecule has 0 aliphatic carbocycles. The van der Waals surface area contributed by atoms with Crippen LogP contribution in [0.1, 0.15) is 25.7 Å². The number of nitrogens with one attached hydrogen (secondary N) is 1. The summed E-state index contributed by atoms with van der Waals surface area (Å²) in [6.45, 7) is 1.85. The summed E-state index contributed by atoms with van der Waals surface area (Å²) >= 11 is 1.78. The fraction of sp³-hybridized carbons (Fsp3) is 0.909. The fourth-order valence-corrected chi connectivity index (χ4v) is 2.30. The molecule has 1 fully saturated rings. The van der Waals surface area contributed by atoms with Gasteiger partial charge in [0.05, 0.1) is 6.04 Å². The molecule has 0 bridgehead atoms. The highest BCUT2D eigenvalue weighted by atomic mass is 32.2.